The molecular weight excluding hydrogens is 264 g/mol. The van der Waals surface area contributed by atoms with Crippen LogP contribution in [-0.4, -0.2) is 12.1 Å². The van der Waals surface area contributed by atoms with Gasteiger partial charge in [0, 0.05) is 0 Å². The van der Waals surface area contributed by atoms with Gasteiger partial charge >= 0.3 is 5.97 Å². The summed E-state index contributed by atoms with van der Waals surface area (Å²) in [5, 5.41) is 0. The van der Waals surface area contributed by atoms with Crippen molar-refractivity contribution < 1.29 is 14.3 Å². The van der Waals surface area contributed by atoms with E-state index in [-0.39, 0.29) is 12.1 Å². The molecule has 0 aliphatic rings. The molecule has 21 heavy (non-hydrogen) atoms. The van der Waals surface area contributed by atoms with Gasteiger partial charge in [-0.05, 0) is 69.2 Å². The van der Waals surface area contributed by atoms with Crippen molar-refractivity contribution in [2.24, 2.45) is 0 Å². The number of carbonyl (C=O) groups is 1. The molecule has 0 unspecified atom stereocenters. The average Bonchev–Trinajstić information content (AvgIpc) is 2.43. The molecule has 2 aromatic rings. The van der Waals surface area contributed by atoms with Crippen LogP contribution in [-0.2, 0) is 0 Å². The zero-order valence-corrected chi connectivity index (χ0v) is 12.8. The first-order valence-electron chi connectivity index (χ1n) is 7.02. The van der Waals surface area contributed by atoms with E-state index in [9.17, 15) is 4.79 Å². The molecule has 0 radical (unpaired) electrons. The number of carbonyl (C=O) groups excluding carboxylic acids is 1. The quantitative estimate of drug-likeness (QED) is 0.620. The van der Waals surface area contributed by atoms with Crippen molar-refractivity contribution in [3.8, 4) is 11.5 Å². The predicted octanol–water partition coefficient (Wildman–Crippen LogP) is 4.31. The molecule has 0 N–H and O–H groups in total. The topological polar surface area (TPSA) is 35.5 Å². The summed E-state index contributed by atoms with van der Waals surface area (Å²) in [7, 11) is 0. The van der Waals surface area contributed by atoms with Gasteiger partial charge in [-0.3, -0.25) is 0 Å². The van der Waals surface area contributed by atoms with Gasteiger partial charge in [-0.25, -0.2) is 4.79 Å². The Bertz CT molecular complexity index is 627. The molecule has 0 aliphatic carbocycles. The van der Waals surface area contributed by atoms with Crippen LogP contribution in [0.4, 0.5) is 0 Å². The monoisotopic (exact) mass is 284 g/mol. The number of rotatable bonds is 4. The first-order valence-corrected chi connectivity index (χ1v) is 7.02. The second-order valence-corrected chi connectivity index (χ2v) is 5.35. The highest BCUT2D eigenvalue weighted by Gasteiger charge is 2.11. The van der Waals surface area contributed by atoms with Crippen molar-refractivity contribution in [3.05, 3.63) is 59.2 Å². The molecule has 0 saturated heterocycles. The maximum Gasteiger partial charge on any atom is 0.343 e. The van der Waals surface area contributed by atoms with Gasteiger partial charge in [0.2, 0.25) is 0 Å². The summed E-state index contributed by atoms with van der Waals surface area (Å²) < 4.78 is 11.0. The Morgan fingerprint density at radius 1 is 1.00 bits per heavy atom. The van der Waals surface area contributed by atoms with Crippen molar-refractivity contribution in [3.63, 3.8) is 0 Å². The number of benzene rings is 2. The lowest BCUT2D eigenvalue weighted by Gasteiger charge is -2.11. The Kier molecular flexibility index (Phi) is 4.63. The van der Waals surface area contributed by atoms with Crippen LogP contribution in [0.5, 0.6) is 11.5 Å². The molecule has 2 aromatic carbocycles. The van der Waals surface area contributed by atoms with Crippen LogP contribution in [0.1, 0.15) is 35.3 Å². The molecule has 110 valence electrons. The van der Waals surface area contributed by atoms with Gasteiger partial charge in [0.1, 0.15) is 11.5 Å². The molecule has 3 nitrogen and oxygen atoms in total. The Morgan fingerprint density at radius 3 is 2.29 bits per heavy atom. The van der Waals surface area contributed by atoms with E-state index >= 15 is 0 Å². The van der Waals surface area contributed by atoms with Gasteiger partial charge in [-0.15, -0.1) is 0 Å². The van der Waals surface area contributed by atoms with Gasteiger partial charge in [-0.1, -0.05) is 12.1 Å². The molecule has 0 saturated carbocycles. The molecule has 2 rings (SSSR count). The minimum atomic E-state index is -0.361. The lowest BCUT2D eigenvalue weighted by atomic mass is 10.1. The van der Waals surface area contributed by atoms with Crippen molar-refractivity contribution in [2.45, 2.75) is 33.8 Å². The largest absolute Gasteiger partial charge is 0.491 e. The predicted molar refractivity (Wildman–Crippen MR) is 83.1 cm³/mol. The van der Waals surface area contributed by atoms with E-state index in [1.54, 1.807) is 24.3 Å². The van der Waals surface area contributed by atoms with E-state index in [4.69, 9.17) is 9.47 Å². The minimum absolute atomic E-state index is 0.109. The lowest BCUT2D eigenvalue weighted by molar-refractivity contribution is 0.0733. The highest BCUT2D eigenvalue weighted by molar-refractivity contribution is 5.91. The lowest BCUT2D eigenvalue weighted by Crippen LogP contribution is -2.10. The van der Waals surface area contributed by atoms with Crippen LogP contribution in [0.15, 0.2) is 42.5 Å². The molecule has 0 amide bonds. The molecule has 0 spiro atoms. The molecule has 0 aromatic heterocycles. The van der Waals surface area contributed by atoms with E-state index in [0.717, 1.165) is 16.9 Å². The summed E-state index contributed by atoms with van der Waals surface area (Å²) in [4.78, 5) is 12.1. The Hall–Kier alpha value is -2.29. The van der Waals surface area contributed by atoms with Crippen molar-refractivity contribution >= 4 is 5.97 Å². The zero-order chi connectivity index (χ0) is 15.4. The SMILES string of the molecule is Cc1ccc(C)c(OC(=O)c2ccc(OC(C)C)cc2)c1. The second kappa shape index (κ2) is 6.44. The number of hydrogen-bond donors (Lipinski definition) is 0. The zero-order valence-electron chi connectivity index (χ0n) is 12.8. The summed E-state index contributed by atoms with van der Waals surface area (Å²) in [6.45, 7) is 7.81. The summed E-state index contributed by atoms with van der Waals surface area (Å²) in [6.07, 6.45) is 0.109. The summed E-state index contributed by atoms with van der Waals surface area (Å²) in [5.41, 5.74) is 2.50. The highest BCUT2D eigenvalue weighted by Crippen LogP contribution is 2.21. The van der Waals surface area contributed by atoms with Gasteiger partial charge < -0.3 is 9.47 Å². The highest BCUT2D eigenvalue weighted by atomic mass is 16.5. The third-order valence-electron chi connectivity index (χ3n) is 3.01. The number of hydrogen-bond acceptors (Lipinski definition) is 3. The average molecular weight is 284 g/mol. The van der Waals surface area contributed by atoms with Crippen molar-refractivity contribution in [1.29, 1.82) is 0 Å². The van der Waals surface area contributed by atoms with Crippen LogP contribution >= 0.6 is 0 Å². The standard InChI is InChI=1S/C18H20O3/c1-12(2)20-16-9-7-15(8-10-16)18(19)21-17-11-13(3)5-6-14(17)4/h5-12H,1-4H3. The van der Waals surface area contributed by atoms with Crippen molar-refractivity contribution in [1.82, 2.24) is 0 Å². The van der Waals surface area contributed by atoms with E-state index in [1.807, 2.05) is 45.9 Å². The normalized spacial score (nSPS) is 10.5. The van der Waals surface area contributed by atoms with Gasteiger partial charge in [0.15, 0.2) is 0 Å². The summed E-state index contributed by atoms with van der Waals surface area (Å²) in [5.74, 6) is 0.982. The van der Waals surface area contributed by atoms with E-state index in [2.05, 4.69) is 0 Å². The number of ether oxygens (including phenoxy) is 2. The van der Waals surface area contributed by atoms with Gasteiger partial charge in [0.05, 0.1) is 11.7 Å². The third-order valence-corrected chi connectivity index (χ3v) is 3.01. The molecule has 3 heteroatoms. The number of aryl methyl sites for hydroxylation is 2. The molecular formula is C18H20O3. The molecule has 0 aliphatic heterocycles. The van der Waals surface area contributed by atoms with Crippen LogP contribution < -0.4 is 9.47 Å². The summed E-state index contributed by atoms with van der Waals surface area (Å²) in [6, 6.07) is 12.8. The Balaban J connectivity index is 2.11. The first-order chi connectivity index (χ1) is 9.95. The van der Waals surface area contributed by atoms with E-state index in [1.165, 1.54) is 0 Å². The molecule has 0 heterocycles. The molecule has 0 fully saturated rings. The third kappa shape index (κ3) is 4.09. The van der Waals surface area contributed by atoms with Crippen LogP contribution in [0.3, 0.4) is 0 Å². The van der Waals surface area contributed by atoms with Crippen LogP contribution in [0.2, 0.25) is 0 Å². The Morgan fingerprint density at radius 2 is 1.67 bits per heavy atom. The second-order valence-electron chi connectivity index (χ2n) is 5.35. The van der Waals surface area contributed by atoms with Gasteiger partial charge in [-0.2, -0.15) is 0 Å². The fourth-order valence-electron chi connectivity index (χ4n) is 1.92. The smallest absolute Gasteiger partial charge is 0.343 e. The molecule has 0 atom stereocenters. The van der Waals surface area contributed by atoms with Crippen LogP contribution in [0.25, 0.3) is 0 Å². The fraction of sp³-hybridized carbons (Fsp3) is 0.278. The first kappa shape index (κ1) is 15.1. The summed E-state index contributed by atoms with van der Waals surface area (Å²) >= 11 is 0. The van der Waals surface area contributed by atoms with E-state index in [0.29, 0.717) is 11.3 Å². The minimum Gasteiger partial charge on any atom is -0.491 e. The maximum atomic E-state index is 12.1. The molecule has 0 bridgehead atoms. The number of esters is 1. The van der Waals surface area contributed by atoms with Gasteiger partial charge in [0.25, 0.3) is 0 Å². The van der Waals surface area contributed by atoms with E-state index < -0.39 is 0 Å². The maximum absolute atomic E-state index is 12.1. The van der Waals surface area contributed by atoms with Crippen LogP contribution in [0, 0.1) is 13.8 Å². The Labute approximate surface area is 125 Å². The fourth-order valence-corrected chi connectivity index (χ4v) is 1.92. The van der Waals surface area contributed by atoms with Crippen molar-refractivity contribution in [2.75, 3.05) is 0 Å².